The van der Waals surface area contributed by atoms with Crippen molar-refractivity contribution >= 4 is 17.5 Å². The van der Waals surface area contributed by atoms with Gasteiger partial charge in [-0.05, 0) is 41.1 Å². The van der Waals surface area contributed by atoms with Gasteiger partial charge in [-0.3, -0.25) is 4.79 Å². The van der Waals surface area contributed by atoms with Crippen molar-refractivity contribution in [2.45, 2.75) is 12.1 Å². The zero-order valence-corrected chi connectivity index (χ0v) is 13.1. The van der Waals surface area contributed by atoms with Crippen molar-refractivity contribution in [1.82, 2.24) is 20.2 Å². The second-order valence-electron chi connectivity index (χ2n) is 4.88. The molecule has 0 unspecified atom stereocenters. The molecule has 116 valence electrons. The number of para-hydroxylation sites is 1. The van der Waals surface area contributed by atoms with Crippen LogP contribution in [0.5, 0.6) is 0 Å². The van der Waals surface area contributed by atoms with Gasteiger partial charge < -0.3 is 0 Å². The number of hydrogen-bond acceptors (Lipinski definition) is 5. The minimum atomic E-state index is -0.425. The topological polar surface area (TPSA) is 60.7 Å². The number of Topliss-reactive ketones (excluding diaryl/α,β-unsaturated/α-hetero) is 1. The maximum absolute atomic E-state index is 13.2. The number of rotatable bonds is 5. The number of aryl methyl sites for hydroxylation is 1. The molecule has 0 radical (unpaired) electrons. The molecule has 0 saturated heterocycles. The number of hydrogen-bond donors (Lipinski definition) is 0. The molecule has 0 bridgehead atoms. The second-order valence-corrected chi connectivity index (χ2v) is 5.82. The van der Waals surface area contributed by atoms with Gasteiger partial charge in [-0.2, -0.15) is 4.68 Å². The van der Waals surface area contributed by atoms with Crippen LogP contribution in [0.2, 0.25) is 0 Å². The van der Waals surface area contributed by atoms with E-state index in [1.165, 1.54) is 30.0 Å². The van der Waals surface area contributed by atoms with E-state index in [2.05, 4.69) is 15.5 Å². The van der Waals surface area contributed by atoms with Crippen LogP contribution < -0.4 is 0 Å². The van der Waals surface area contributed by atoms with Crippen molar-refractivity contribution < 1.29 is 9.18 Å². The van der Waals surface area contributed by atoms with Gasteiger partial charge in [0, 0.05) is 5.56 Å². The van der Waals surface area contributed by atoms with Crippen LogP contribution in [0.1, 0.15) is 15.9 Å². The Labute approximate surface area is 136 Å². The van der Waals surface area contributed by atoms with Gasteiger partial charge in [-0.25, -0.2) is 4.39 Å². The van der Waals surface area contributed by atoms with Gasteiger partial charge in [0.05, 0.1) is 11.4 Å². The molecule has 1 aromatic heterocycles. The first-order chi connectivity index (χ1) is 11.1. The lowest BCUT2D eigenvalue weighted by atomic mass is 10.1. The van der Waals surface area contributed by atoms with Crippen molar-refractivity contribution in [2.24, 2.45) is 0 Å². The average Bonchev–Trinajstić information content (AvgIpc) is 3.01. The number of halogens is 1. The van der Waals surface area contributed by atoms with Crippen molar-refractivity contribution in [3.8, 4) is 5.69 Å². The molecule has 0 saturated carbocycles. The summed E-state index contributed by atoms with van der Waals surface area (Å²) in [7, 11) is 0. The lowest BCUT2D eigenvalue weighted by molar-refractivity contribution is 0.102. The Morgan fingerprint density at radius 3 is 2.83 bits per heavy atom. The van der Waals surface area contributed by atoms with E-state index in [0.29, 0.717) is 10.7 Å². The molecule has 23 heavy (non-hydrogen) atoms. The van der Waals surface area contributed by atoms with Gasteiger partial charge in [-0.1, -0.05) is 42.1 Å². The number of aromatic nitrogens is 4. The van der Waals surface area contributed by atoms with E-state index < -0.39 is 5.82 Å². The molecule has 0 N–H and O–H groups in total. The highest BCUT2D eigenvalue weighted by Crippen LogP contribution is 2.21. The molecule has 3 rings (SSSR count). The van der Waals surface area contributed by atoms with Crippen LogP contribution in [-0.4, -0.2) is 31.7 Å². The lowest BCUT2D eigenvalue weighted by Crippen LogP contribution is -2.06. The van der Waals surface area contributed by atoms with Gasteiger partial charge in [0.2, 0.25) is 5.16 Å². The lowest BCUT2D eigenvalue weighted by Gasteiger charge is -2.06. The highest BCUT2D eigenvalue weighted by molar-refractivity contribution is 7.99. The van der Waals surface area contributed by atoms with Crippen LogP contribution in [0.25, 0.3) is 5.69 Å². The minimum Gasteiger partial charge on any atom is -0.293 e. The highest BCUT2D eigenvalue weighted by Gasteiger charge is 2.14. The molecular weight excluding hydrogens is 315 g/mol. The van der Waals surface area contributed by atoms with Crippen LogP contribution in [0, 0.1) is 12.7 Å². The number of nitrogens with zero attached hydrogens (tertiary/aromatic N) is 4. The molecule has 2 aromatic carbocycles. The van der Waals surface area contributed by atoms with E-state index >= 15 is 0 Å². The Morgan fingerprint density at radius 1 is 1.22 bits per heavy atom. The quantitative estimate of drug-likeness (QED) is 0.532. The summed E-state index contributed by atoms with van der Waals surface area (Å²) in [5.74, 6) is -0.463. The first kappa shape index (κ1) is 15.4. The fourth-order valence-electron chi connectivity index (χ4n) is 2.10. The smallest absolute Gasteiger partial charge is 0.214 e. The summed E-state index contributed by atoms with van der Waals surface area (Å²) in [5.41, 5.74) is 2.23. The fourth-order valence-corrected chi connectivity index (χ4v) is 2.87. The molecule has 0 aliphatic rings. The largest absolute Gasteiger partial charge is 0.293 e. The highest BCUT2D eigenvalue weighted by atomic mass is 32.2. The molecule has 0 atom stereocenters. The third kappa shape index (κ3) is 3.45. The Hall–Kier alpha value is -2.54. The maximum Gasteiger partial charge on any atom is 0.214 e. The third-order valence-corrected chi connectivity index (χ3v) is 4.18. The molecule has 0 aliphatic heterocycles. The number of ketones is 1. The Bertz CT molecular complexity index is 849. The standard InChI is InChI=1S/C16H13FN4OS/c1-11-5-2-3-8-14(11)21-16(18-19-20-21)23-10-15(22)12-6-4-7-13(17)9-12/h2-9H,10H2,1H3. The fraction of sp³-hybridized carbons (Fsp3) is 0.125. The molecule has 0 fully saturated rings. The predicted octanol–water partition coefficient (Wildman–Crippen LogP) is 3.08. The molecule has 0 amide bonds. The maximum atomic E-state index is 13.2. The van der Waals surface area contributed by atoms with E-state index in [4.69, 9.17) is 0 Å². The Morgan fingerprint density at radius 2 is 2.04 bits per heavy atom. The van der Waals surface area contributed by atoms with Crippen LogP contribution in [-0.2, 0) is 0 Å². The van der Waals surface area contributed by atoms with Crippen molar-refractivity contribution in [1.29, 1.82) is 0 Å². The van der Waals surface area contributed by atoms with E-state index in [-0.39, 0.29) is 11.5 Å². The van der Waals surface area contributed by atoms with E-state index in [1.54, 1.807) is 10.7 Å². The monoisotopic (exact) mass is 328 g/mol. The summed E-state index contributed by atoms with van der Waals surface area (Å²) in [6, 6.07) is 13.4. The second kappa shape index (κ2) is 6.70. The summed E-state index contributed by atoms with van der Waals surface area (Å²) in [4.78, 5) is 12.1. The summed E-state index contributed by atoms with van der Waals surface area (Å²) in [5, 5.41) is 12.1. The van der Waals surface area contributed by atoms with Crippen LogP contribution in [0.4, 0.5) is 4.39 Å². The number of carbonyl (C=O) groups is 1. The van der Waals surface area contributed by atoms with Gasteiger partial charge >= 0.3 is 0 Å². The molecule has 0 spiro atoms. The molecule has 1 heterocycles. The van der Waals surface area contributed by atoms with Crippen LogP contribution >= 0.6 is 11.8 Å². The zero-order valence-electron chi connectivity index (χ0n) is 12.3. The summed E-state index contributed by atoms with van der Waals surface area (Å²) in [6.45, 7) is 1.96. The Balaban J connectivity index is 1.76. The van der Waals surface area contributed by atoms with E-state index in [9.17, 15) is 9.18 Å². The minimum absolute atomic E-state index is 0.135. The molecule has 7 heteroatoms. The third-order valence-electron chi connectivity index (χ3n) is 3.26. The van der Waals surface area contributed by atoms with E-state index in [1.807, 2.05) is 31.2 Å². The number of benzene rings is 2. The molecule has 5 nitrogen and oxygen atoms in total. The van der Waals surface area contributed by atoms with Crippen molar-refractivity contribution in [3.05, 3.63) is 65.5 Å². The van der Waals surface area contributed by atoms with Crippen molar-refractivity contribution in [3.63, 3.8) is 0 Å². The van der Waals surface area contributed by atoms with Crippen molar-refractivity contribution in [2.75, 3.05) is 5.75 Å². The number of tetrazole rings is 1. The summed E-state index contributed by atoms with van der Waals surface area (Å²) >= 11 is 1.22. The summed E-state index contributed by atoms with van der Waals surface area (Å²) < 4.78 is 14.8. The Kier molecular flexibility index (Phi) is 4.47. The number of thioether (sulfide) groups is 1. The first-order valence-electron chi connectivity index (χ1n) is 6.91. The van der Waals surface area contributed by atoms with Gasteiger partial charge in [0.25, 0.3) is 0 Å². The molecule has 3 aromatic rings. The molecular formula is C16H13FN4OS. The summed E-state index contributed by atoms with van der Waals surface area (Å²) in [6.07, 6.45) is 0. The average molecular weight is 328 g/mol. The molecule has 0 aliphatic carbocycles. The van der Waals surface area contributed by atoms with Crippen LogP contribution in [0.3, 0.4) is 0 Å². The van der Waals surface area contributed by atoms with E-state index in [0.717, 1.165) is 11.3 Å². The van der Waals surface area contributed by atoms with Crippen LogP contribution in [0.15, 0.2) is 53.7 Å². The number of carbonyl (C=O) groups excluding carboxylic acids is 1. The first-order valence-corrected chi connectivity index (χ1v) is 7.89. The van der Waals surface area contributed by atoms with Gasteiger partial charge in [0.1, 0.15) is 5.82 Å². The SMILES string of the molecule is Cc1ccccc1-n1nnnc1SCC(=O)c1cccc(F)c1. The zero-order chi connectivity index (χ0) is 16.2. The normalized spacial score (nSPS) is 10.7. The van der Waals surface area contributed by atoms with Gasteiger partial charge in [0.15, 0.2) is 5.78 Å². The predicted molar refractivity (Wildman–Crippen MR) is 85.3 cm³/mol. The van der Waals surface area contributed by atoms with Gasteiger partial charge in [-0.15, -0.1) is 5.10 Å².